The Kier molecular flexibility index (Phi) is 8.21. The van der Waals surface area contributed by atoms with Crippen LogP contribution in [0.2, 0.25) is 6.04 Å². The van der Waals surface area contributed by atoms with Crippen molar-refractivity contribution in [2.45, 2.75) is 39.8 Å². The highest BCUT2D eigenvalue weighted by atomic mass is 28.4. The second-order valence-corrected chi connectivity index (χ2v) is 9.67. The summed E-state index contributed by atoms with van der Waals surface area (Å²) in [6, 6.07) is 20.1. The van der Waals surface area contributed by atoms with Crippen molar-refractivity contribution >= 4 is 30.3 Å². The summed E-state index contributed by atoms with van der Waals surface area (Å²) in [6.45, 7) is 9.03. The van der Waals surface area contributed by atoms with Crippen LogP contribution in [0, 0.1) is 0 Å². The standard InChI is InChI=1S/C24H32O4Si/c1-4-26-29(27-5-2,28-6-3)17-11-16-25-19-24-22-14-9-7-12-20(22)18-21-13-8-10-15-23(21)24/h7-10,12-15,18H,4-6,11,16-17,19H2,1-3H3. The molecule has 29 heavy (non-hydrogen) atoms. The van der Waals surface area contributed by atoms with Crippen LogP contribution >= 0.6 is 0 Å². The molecule has 0 unspecified atom stereocenters. The van der Waals surface area contributed by atoms with E-state index in [9.17, 15) is 0 Å². The molecule has 3 aromatic carbocycles. The first-order valence-corrected chi connectivity index (χ1v) is 12.5. The third kappa shape index (κ3) is 5.44. The van der Waals surface area contributed by atoms with Gasteiger partial charge in [-0.3, -0.25) is 0 Å². The summed E-state index contributed by atoms with van der Waals surface area (Å²) in [6.07, 6.45) is 0.856. The summed E-state index contributed by atoms with van der Waals surface area (Å²) in [4.78, 5) is 0. The summed E-state index contributed by atoms with van der Waals surface area (Å²) >= 11 is 0. The van der Waals surface area contributed by atoms with Gasteiger partial charge in [0.1, 0.15) is 0 Å². The second-order valence-electron chi connectivity index (χ2n) is 6.94. The fourth-order valence-electron chi connectivity index (χ4n) is 3.83. The van der Waals surface area contributed by atoms with E-state index in [1.165, 1.54) is 27.1 Å². The highest BCUT2D eigenvalue weighted by Gasteiger charge is 2.39. The van der Waals surface area contributed by atoms with Crippen LogP contribution in [-0.4, -0.2) is 35.2 Å². The lowest BCUT2D eigenvalue weighted by atomic mass is 9.97. The second kappa shape index (κ2) is 10.9. The number of ether oxygens (including phenoxy) is 1. The first-order chi connectivity index (χ1) is 14.2. The number of rotatable bonds is 12. The summed E-state index contributed by atoms with van der Waals surface area (Å²) in [5, 5.41) is 5.02. The molecule has 0 aliphatic carbocycles. The van der Waals surface area contributed by atoms with E-state index < -0.39 is 8.80 Å². The monoisotopic (exact) mass is 412 g/mol. The Balaban J connectivity index is 1.67. The molecular weight excluding hydrogens is 380 g/mol. The Morgan fingerprint density at radius 2 is 1.24 bits per heavy atom. The van der Waals surface area contributed by atoms with Crippen LogP contribution in [0.4, 0.5) is 0 Å². The van der Waals surface area contributed by atoms with Crippen LogP contribution in [0.5, 0.6) is 0 Å². The van der Waals surface area contributed by atoms with Crippen molar-refractivity contribution in [1.82, 2.24) is 0 Å². The molecule has 0 N–H and O–H groups in total. The van der Waals surface area contributed by atoms with Gasteiger partial charge in [-0.15, -0.1) is 0 Å². The molecule has 0 saturated heterocycles. The first-order valence-electron chi connectivity index (χ1n) is 10.6. The van der Waals surface area contributed by atoms with Crippen molar-refractivity contribution in [3.8, 4) is 0 Å². The Morgan fingerprint density at radius 1 is 0.724 bits per heavy atom. The van der Waals surface area contributed by atoms with Crippen LogP contribution in [-0.2, 0) is 24.6 Å². The van der Waals surface area contributed by atoms with Gasteiger partial charge in [0.05, 0.1) is 6.61 Å². The van der Waals surface area contributed by atoms with Crippen LogP contribution in [0.15, 0.2) is 54.6 Å². The molecule has 0 heterocycles. The topological polar surface area (TPSA) is 36.9 Å². The molecule has 0 radical (unpaired) electrons. The van der Waals surface area contributed by atoms with E-state index in [1.807, 2.05) is 20.8 Å². The Bertz CT molecular complexity index is 841. The average molecular weight is 413 g/mol. The normalized spacial score (nSPS) is 12.1. The van der Waals surface area contributed by atoms with Crippen molar-refractivity contribution in [2.24, 2.45) is 0 Å². The maximum absolute atomic E-state index is 6.12. The van der Waals surface area contributed by atoms with E-state index in [0.717, 1.165) is 12.5 Å². The van der Waals surface area contributed by atoms with Gasteiger partial charge in [-0.05, 0) is 60.4 Å². The lowest BCUT2D eigenvalue weighted by Crippen LogP contribution is -2.46. The van der Waals surface area contributed by atoms with Crippen molar-refractivity contribution in [2.75, 3.05) is 26.4 Å². The molecule has 0 fully saturated rings. The van der Waals surface area contributed by atoms with E-state index in [4.69, 9.17) is 18.0 Å². The van der Waals surface area contributed by atoms with Gasteiger partial charge in [-0.25, -0.2) is 0 Å². The van der Waals surface area contributed by atoms with Gasteiger partial charge in [0, 0.05) is 32.5 Å². The molecule has 4 nitrogen and oxygen atoms in total. The zero-order chi connectivity index (χ0) is 20.5. The van der Waals surface area contributed by atoms with Gasteiger partial charge in [-0.2, -0.15) is 0 Å². The molecule has 3 rings (SSSR count). The smallest absolute Gasteiger partial charge is 0.377 e. The summed E-state index contributed by atoms with van der Waals surface area (Å²) < 4.78 is 23.9. The molecule has 3 aromatic rings. The van der Waals surface area contributed by atoms with Gasteiger partial charge >= 0.3 is 8.80 Å². The highest BCUT2D eigenvalue weighted by molar-refractivity contribution is 6.60. The van der Waals surface area contributed by atoms with Gasteiger partial charge in [0.15, 0.2) is 0 Å². The van der Waals surface area contributed by atoms with Crippen LogP contribution in [0.1, 0.15) is 32.8 Å². The van der Waals surface area contributed by atoms with Gasteiger partial charge in [0.25, 0.3) is 0 Å². The number of hydrogen-bond acceptors (Lipinski definition) is 4. The van der Waals surface area contributed by atoms with Crippen molar-refractivity contribution in [3.63, 3.8) is 0 Å². The van der Waals surface area contributed by atoms with Crippen LogP contribution < -0.4 is 0 Å². The molecule has 156 valence electrons. The molecule has 0 spiro atoms. The summed E-state index contributed by atoms with van der Waals surface area (Å²) in [5.74, 6) is 0. The average Bonchev–Trinajstić information content (AvgIpc) is 2.73. The number of fused-ring (bicyclic) bond motifs is 2. The Morgan fingerprint density at radius 3 is 1.76 bits per heavy atom. The van der Waals surface area contributed by atoms with E-state index in [2.05, 4.69) is 54.6 Å². The van der Waals surface area contributed by atoms with E-state index in [0.29, 0.717) is 33.0 Å². The fourth-order valence-corrected chi connectivity index (χ4v) is 6.41. The SMILES string of the molecule is CCO[Si](CCCOCc1c2ccccc2cc2ccccc12)(OCC)OCC. The third-order valence-electron chi connectivity index (χ3n) is 4.99. The van der Waals surface area contributed by atoms with Crippen LogP contribution in [0.25, 0.3) is 21.5 Å². The predicted octanol–water partition coefficient (Wildman–Crippen LogP) is 5.95. The van der Waals surface area contributed by atoms with Gasteiger partial charge in [-0.1, -0.05) is 48.5 Å². The first kappa shape index (κ1) is 21.9. The molecular formula is C24H32O4Si. The summed E-state index contributed by atoms with van der Waals surface area (Å²) in [7, 11) is -2.59. The van der Waals surface area contributed by atoms with Crippen molar-refractivity contribution in [3.05, 3.63) is 60.2 Å². The largest absolute Gasteiger partial charge is 0.501 e. The van der Waals surface area contributed by atoms with Crippen molar-refractivity contribution in [1.29, 1.82) is 0 Å². The molecule has 0 aliphatic heterocycles. The highest BCUT2D eigenvalue weighted by Crippen LogP contribution is 2.29. The predicted molar refractivity (Wildman–Crippen MR) is 121 cm³/mol. The molecule has 0 atom stereocenters. The fraction of sp³-hybridized carbons (Fsp3) is 0.417. The molecule has 0 saturated carbocycles. The zero-order valence-corrected chi connectivity index (χ0v) is 18.8. The van der Waals surface area contributed by atoms with E-state index in [1.54, 1.807) is 0 Å². The third-order valence-corrected chi connectivity index (χ3v) is 8.15. The number of hydrogen-bond donors (Lipinski definition) is 0. The Hall–Kier alpha value is -1.76. The Labute approximate surface area is 175 Å². The lowest BCUT2D eigenvalue weighted by Gasteiger charge is -2.28. The zero-order valence-electron chi connectivity index (χ0n) is 17.8. The molecule has 0 aromatic heterocycles. The maximum Gasteiger partial charge on any atom is 0.501 e. The molecule has 0 bridgehead atoms. The minimum Gasteiger partial charge on any atom is -0.377 e. The summed E-state index contributed by atoms with van der Waals surface area (Å²) in [5.41, 5.74) is 1.25. The van der Waals surface area contributed by atoms with Gasteiger partial charge < -0.3 is 18.0 Å². The quantitative estimate of drug-likeness (QED) is 0.209. The van der Waals surface area contributed by atoms with Crippen molar-refractivity contribution < 1.29 is 18.0 Å². The maximum atomic E-state index is 6.12. The van der Waals surface area contributed by atoms with Gasteiger partial charge in [0.2, 0.25) is 0 Å². The molecule has 0 amide bonds. The lowest BCUT2D eigenvalue weighted by molar-refractivity contribution is 0.0649. The minimum atomic E-state index is -2.59. The molecule has 0 aliphatic rings. The minimum absolute atomic E-state index is 0.592. The van der Waals surface area contributed by atoms with E-state index in [-0.39, 0.29) is 0 Å². The number of benzene rings is 3. The van der Waals surface area contributed by atoms with E-state index >= 15 is 0 Å². The van der Waals surface area contributed by atoms with Crippen LogP contribution in [0.3, 0.4) is 0 Å². The molecule has 5 heteroatoms.